The van der Waals surface area contributed by atoms with Crippen molar-refractivity contribution >= 4 is 27.4 Å². The molecule has 0 spiro atoms. The fourth-order valence-corrected chi connectivity index (χ4v) is 2.78. The number of fused-ring (bicyclic) bond motifs is 1. The summed E-state index contributed by atoms with van der Waals surface area (Å²) in [7, 11) is 0. The second-order valence-electron chi connectivity index (χ2n) is 5.54. The van der Waals surface area contributed by atoms with Crippen LogP contribution in [0.3, 0.4) is 0 Å². The number of rotatable bonds is 1. The molecule has 1 fully saturated rings. The molecule has 1 aromatic rings. The summed E-state index contributed by atoms with van der Waals surface area (Å²) < 4.78 is 8.57. The van der Waals surface area contributed by atoms with Crippen LogP contribution in [0.15, 0.2) is 16.5 Å². The Morgan fingerprint density at radius 2 is 2.29 bits per heavy atom. The van der Waals surface area contributed by atoms with Crippen LogP contribution >= 0.6 is 15.9 Å². The maximum atomic E-state index is 5.82. The van der Waals surface area contributed by atoms with Crippen LogP contribution in [-0.4, -0.2) is 16.4 Å². The van der Waals surface area contributed by atoms with Crippen LogP contribution in [0.2, 0.25) is 0 Å². The number of allylic oxidation sites excluding steroid dienone is 1. The number of hydrogen-bond donors (Lipinski definition) is 2. The van der Waals surface area contributed by atoms with Crippen molar-refractivity contribution in [1.82, 2.24) is 9.78 Å². The van der Waals surface area contributed by atoms with Crippen molar-refractivity contribution < 1.29 is 4.74 Å². The summed E-state index contributed by atoms with van der Waals surface area (Å²) in [6, 6.07) is 0. The molecule has 0 aliphatic carbocycles. The van der Waals surface area contributed by atoms with E-state index >= 15 is 0 Å². The van der Waals surface area contributed by atoms with Gasteiger partial charge in [-0.3, -0.25) is 0 Å². The lowest BCUT2D eigenvalue weighted by atomic mass is 10.2. The van der Waals surface area contributed by atoms with Gasteiger partial charge in [0.2, 0.25) is 0 Å². The highest BCUT2D eigenvalue weighted by Crippen LogP contribution is 2.35. The van der Waals surface area contributed by atoms with E-state index in [4.69, 9.17) is 4.74 Å². The molecule has 0 aromatic carbocycles. The molecule has 21 heavy (non-hydrogen) atoms. The molecule has 6 heteroatoms. The third kappa shape index (κ3) is 3.09. The minimum absolute atomic E-state index is 0.00739. The van der Waals surface area contributed by atoms with E-state index in [2.05, 4.69) is 57.4 Å². The molecule has 2 aliphatic rings. The van der Waals surface area contributed by atoms with Crippen LogP contribution in [0.1, 0.15) is 39.3 Å². The summed E-state index contributed by atoms with van der Waals surface area (Å²) in [6.07, 6.45) is 5.11. The molecule has 0 radical (unpaired) electrons. The highest BCUT2D eigenvalue weighted by Gasteiger charge is 2.25. The zero-order chi connectivity index (χ0) is 14.8. The van der Waals surface area contributed by atoms with Gasteiger partial charge in [-0.15, -0.1) is 0 Å². The van der Waals surface area contributed by atoms with Gasteiger partial charge >= 0.3 is 0 Å². The number of ether oxygens (including phenoxy) is 1. The van der Waals surface area contributed by atoms with Crippen molar-refractivity contribution in [3.63, 3.8) is 0 Å². The zero-order valence-corrected chi connectivity index (χ0v) is 13.8. The topological polar surface area (TPSA) is 51.1 Å². The van der Waals surface area contributed by atoms with E-state index in [1.54, 1.807) is 0 Å². The Bertz CT molecular complexity index is 617. The van der Waals surface area contributed by atoms with Crippen LogP contribution in [0.4, 0.5) is 11.5 Å². The number of hydrogen-bond acceptors (Lipinski definition) is 4. The van der Waals surface area contributed by atoms with Crippen molar-refractivity contribution in [2.24, 2.45) is 5.92 Å². The summed E-state index contributed by atoms with van der Waals surface area (Å²) in [6.45, 7) is 4.94. The first-order valence-corrected chi connectivity index (χ1v) is 8.09. The van der Waals surface area contributed by atoms with Gasteiger partial charge in [0.25, 0.3) is 0 Å². The third-order valence-electron chi connectivity index (χ3n) is 3.42. The molecule has 2 aliphatic heterocycles. The summed E-state index contributed by atoms with van der Waals surface area (Å²) in [4.78, 5) is 0. The Morgan fingerprint density at radius 1 is 1.43 bits per heavy atom. The predicted octanol–water partition coefficient (Wildman–Crippen LogP) is 3.64. The molecule has 3 rings (SSSR count). The molecule has 0 bridgehead atoms. The zero-order valence-electron chi connectivity index (χ0n) is 12.2. The minimum atomic E-state index is 0.00739. The van der Waals surface area contributed by atoms with Gasteiger partial charge in [0.05, 0.1) is 6.20 Å². The standard InChI is InChI=1S/C15H19BrN4O/c1-10(2)6-7-11-14(16)18-12-9-17-20(15(12)19-11)13-5-3-4-8-21-13/h9-10,13,18-19H,3-5,8H2,1-2H3. The van der Waals surface area contributed by atoms with E-state index in [9.17, 15) is 0 Å². The van der Waals surface area contributed by atoms with Crippen molar-refractivity contribution in [3.05, 3.63) is 16.5 Å². The molecule has 1 unspecified atom stereocenters. The quantitative estimate of drug-likeness (QED) is 0.599. The molecule has 5 nitrogen and oxygen atoms in total. The molecule has 1 aromatic heterocycles. The van der Waals surface area contributed by atoms with Gasteiger partial charge in [0.1, 0.15) is 16.0 Å². The van der Waals surface area contributed by atoms with Crippen molar-refractivity contribution in [3.8, 4) is 11.8 Å². The van der Waals surface area contributed by atoms with Crippen LogP contribution in [0.25, 0.3) is 0 Å². The van der Waals surface area contributed by atoms with Gasteiger partial charge in [-0.2, -0.15) is 5.10 Å². The smallest absolute Gasteiger partial charge is 0.156 e. The lowest BCUT2D eigenvalue weighted by molar-refractivity contribution is -0.0380. The summed E-state index contributed by atoms with van der Waals surface area (Å²) in [5, 5.41) is 11.1. The maximum absolute atomic E-state index is 5.82. The molecule has 1 atom stereocenters. The maximum Gasteiger partial charge on any atom is 0.156 e. The monoisotopic (exact) mass is 350 g/mol. The molecular formula is C15H19BrN4O. The average molecular weight is 351 g/mol. The summed E-state index contributed by atoms with van der Waals surface area (Å²) in [5.41, 5.74) is 1.76. The van der Waals surface area contributed by atoms with E-state index in [1.165, 1.54) is 6.42 Å². The highest BCUT2D eigenvalue weighted by atomic mass is 79.9. The number of nitrogens with zero attached hydrogens (tertiary/aromatic N) is 2. The Balaban J connectivity index is 1.86. The van der Waals surface area contributed by atoms with Crippen LogP contribution in [0, 0.1) is 17.8 Å². The van der Waals surface area contributed by atoms with Gasteiger partial charge < -0.3 is 15.4 Å². The Kier molecular flexibility index (Phi) is 4.22. The third-order valence-corrected chi connectivity index (χ3v) is 4.01. The molecule has 112 valence electrons. The molecular weight excluding hydrogens is 332 g/mol. The molecule has 1 saturated heterocycles. The van der Waals surface area contributed by atoms with Gasteiger partial charge in [0, 0.05) is 12.5 Å². The van der Waals surface area contributed by atoms with Crippen LogP contribution in [-0.2, 0) is 4.74 Å². The highest BCUT2D eigenvalue weighted by molar-refractivity contribution is 9.11. The van der Waals surface area contributed by atoms with Crippen LogP contribution < -0.4 is 10.6 Å². The number of nitrogens with one attached hydrogen (secondary N) is 2. The second-order valence-corrected chi connectivity index (χ2v) is 6.33. The van der Waals surface area contributed by atoms with Gasteiger partial charge in [-0.05, 0) is 41.1 Å². The first-order valence-electron chi connectivity index (χ1n) is 7.29. The number of anilines is 2. The normalized spacial score (nSPS) is 21.2. The van der Waals surface area contributed by atoms with E-state index in [0.29, 0.717) is 5.92 Å². The Morgan fingerprint density at radius 3 is 3.00 bits per heavy atom. The fourth-order valence-electron chi connectivity index (χ4n) is 2.37. The lowest BCUT2D eigenvalue weighted by Crippen LogP contribution is -2.22. The van der Waals surface area contributed by atoms with Crippen molar-refractivity contribution in [1.29, 1.82) is 0 Å². The van der Waals surface area contributed by atoms with E-state index < -0.39 is 0 Å². The number of halogens is 1. The van der Waals surface area contributed by atoms with Gasteiger partial charge in [-0.25, -0.2) is 4.68 Å². The van der Waals surface area contributed by atoms with Crippen molar-refractivity contribution in [2.45, 2.75) is 39.3 Å². The average Bonchev–Trinajstić information content (AvgIpc) is 2.88. The largest absolute Gasteiger partial charge is 0.356 e. The SMILES string of the molecule is CC(C)C#CC1=C(Br)Nc2cnn(C3CCCCO3)c2N1. The van der Waals surface area contributed by atoms with Gasteiger partial charge in [-0.1, -0.05) is 19.8 Å². The lowest BCUT2D eigenvalue weighted by Gasteiger charge is -2.26. The van der Waals surface area contributed by atoms with Crippen LogP contribution in [0.5, 0.6) is 0 Å². The minimum Gasteiger partial charge on any atom is -0.356 e. The van der Waals surface area contributed by atoms with E-state index in [0.717, 1.165) is 41.3 Å². The van der Waals surface area contributed by atoms with Crippen molar-refractivity contribution in [2.75, 3.05) is 17.2 Å². The molecule has 2 N–H and O–H groups in total. The Labute approximate surface area is 133 Å². The fraction of sp³-hybridized carbons (Fsp3) is 0.533. The van der Waals surface area contributed by atoms with E-state index in [-0.39, 0.29) is 6.23 Å². The van der Waals surface area contributed by atoms with E-state index in [1.807, 2.05) is 10.9 Å². The number of aromatic nitrogens is 2. The van der Waals surface area contributed by atoms with Gasteiger partial charge in [0.15, 0.2) is 12.0 Å². The summed E-state index contributed by atoms with van der Waals surface area (Å²) in [5.74, 6) is 7.57. The molecule has 3 heterocycles. The Hall–Kier alpha value is -1.45. The molecule has 0 saturated carbocycles. The summed E-state index contributed by atoms with van der Waals surface area (Å²) >= 11 is 3.52. The molecule has 0 amide bonds. The first kappa shape index (κ1) is 14.5. The first-order chi connectivity index (χ1) is 10.1. The second kappa shape index (κ2) is 6.12. The predicted molar refractivity (Wildman–Crippen MR) is 86.9 cm³/mol.